The zero-order valence-electron chi connectivity index (χ0n) is 14.1. The fourth-order valence-corrected chi connectivity index (χ4v) is 3.96. The summed E-state index contributed by atoms with van der Waals surface area (Å²) in [6.07, 6.45) is 2.30. The molecule has 1 aliphatic heterocycles. The predicted molar refractivity (Wildman–Crippen MR) is 97.5 cm³/mol. The highest BCUT2D eigenvalue weighted by Crippen LogP contribution is 2.21. The molecule has 2 N–H and O–H groups in total. The van der Waals surface area contributed by atoms with Gasteiger partial charge in [-0.2, -0.15) is 11.8 Å². The van der Waals surface area contributed by atoms with Gasteiger partial charge in [0.15, 0.2) is 0 Å². The molecule has 0 saturated carbocycles. The van der Waals surface area contributed by atoms with Gasteiger partial charge in [0.05, 0.1) is 10.6 Å². The first-order chi connectivity index (χ1) is 11.5. The summed E-state index contributed by atoms with van der Waals surface area (Å²) < 4.78 is 0. The first-order valence-electron chi connectivity index (χ1n) is 7.89. The number of aryl methyl sites for hydroxylation is 1. The molecule has 3 amide bonds. The summed E-state index contributed by atoms with van der Waals surface area (Å²) in [7, 11) is 0. The Labute approximate surface area is 150 Å². The van der Waals surface area contributed by atoms with Crippen LogP contribution in [0.1, 0.15) is 27.9 Å². The van der Waals surface area contributed by atoms with Crippen molar-refractivity contribution in [2.45, 2.75) is 32.4 Å². The molecule has 6 nitrogen and oxygen atoms in total. The number of nitrogens with one attached hydrogen (secondary N) is 2. The maximum Gasteiger partial charge on any atom is 0.261 e. The molecular formula is C16H23N3O3S2. The van der Waals surface area contributed by atoms with E-state index in [1.807, 2.05) is 26.2 Å². The Balaban J connectivity index is 2.05. The van der Waals surface area contributed by atoms with E-state index in [1.54, 1.807) is 11.0 Å². The Morgan fingerprint density at radius 3 is 2.71 bits per heavy atom. The van der Waals surface area contributed by atoms with E-state index >= 15 is 0 Å². The van der Waals surface area contributed by atoms with Crippen LogP contribution in [0.2, 0.25) is 0 Å². The lowest BCUT2D eigenvalue weighted by atomic mass is 10.1. The van der Waals surface area contributed by atoms with E-state index in [0.717, 1.165) is 4.88 Å². The van der Waals surface area contributed by atoms with E-state index in [1.165, 1.54) is 23.1 Å². The molecule has 2 rings (SSSR count). The summed E-state index contributed by atoms with van der Waals surface area (Å²) in [6.45, 7) is 4.69. The third kappa shape index (κ3) is 4.51. The van der Waals surface area contributed by atoms with E-state index in [-0.39, 0.29) is 23.8 Å². The first kappa shape index (κ1) is 18.8. The van der Waals surface area contributed by atoms with E-state index in [4.69, 9.17) is 0 Å². The highest BCUT2D eigenvalue weighted by atomic mass is 32.2. The Morgan fingerprint density at radius 1 is 1.38 bits per heavy atom. The van der Waals surface area contributed by atoms with E-state index in [2.05, 4.69) is 10.6 Å². The maximum absolute atomic E-state index is 12.3. The minimum absolute atomic E-state index is 0.0672. The number of nitrogens with zero attached hydrogens (tertiary/aromatic N) is 1. The van der Waals surface area contributed by atoms with Crippen LogP contribution in [0.4, 0.5) is 0 Å². The van der Waals surface area contributed by atoms with Crippen molar-refractivity contribution in [2.75, 3.05) is 25.1 Å². The molecule has 0 unspecified atom stereocenters. The summed E-state index contributed by atoms with van der Waals surface area (Å²) in [5.41, 5.74) is 0. The van der Waals surface area contributed by atoms with Crippen LogP contribution in [-0.2, 0) is 9.59 Å². The molecule has 1 aromatic rings. The van der Waals surface area contributed by atoms with Gasteiger partial charge in [-0.05, 0) is 38.7 Å². The molecule has 0 aromatic carbocycles. The number of thiophene rings is 1. The third-order valence-corrected chi connectivity index (χ3v) is 5.38. The van der Waals surface area contributed by atoms with Gasteiger partial charge in [-0.1, -0.05) is 0 Å². The molecule has 1 saturated heterocycles. The summed E-state index contributed by atoms with van der Waals surface area (Å²) in [4.78, 5) is 40.2. The van der Waals surface area contributed by atoms with E-state index in [0.29, 0.717) is 30.1 Å². The number of thioether (sulfide) groups is 1. The van der Waals surface area contributed by atoms with Gasteiger partial charge < -0.3 is 15.5 Å². The lowest BCUT2D eigenvalue weighted by Gasteiger charge is -2.23. The second-order valence-electron chi connectivity index (χ2n) is 5.71. The standard InChI is InChI=1S/C16H23N3O3S2/c1-4-17-15(21)12-7-11(8-19(12)14(20)9-23-3)18-16(22)13-6-5-10(2)24-13/h5-6,11-12H,4,7-9H2,1-3H3,(H,17,21)(H,18,22)/t11-,12-/m0/s1. The fourth-order valence-electron chi connectivity index (χ4n) is 2.78. The number of hydrogen-bond donors (Lipinski definition) is 2. The van der Waals surface area contributed by atoms with E-state index < -0.39 is 6.04 Å². The Bertz CT molecular complexity index is 591. The molecular weight excluding hydrogens is 346 g/mol. The van der Waals surface area contributed by atoms with Crippen molar-refractivity contribution in [1.82, 2.24) is 15.5 Å². The van der Waals surface area contributed by atoms with Crippen molar-refractivity contribution in [2.24, 2.45) is 0 Å². The van der Waals surface area contributed by atoms with Crippen LogP contribution in [0.25, 0.3) is 0 Å². The van der Waals surface area contributed by atoms with Gasteiger partial charge in [0, 0.05) is 24.0 Å². The van der Waals surface area contributed by atoms with Gasteiger partial charge in [0.25, 0.3) is 5.91 Å². The van der Waals surface area contributed by atoms with Crippen LogP contribution in [0.5, 0.6) is 0 Å². The highest BCUT2D eigenvalue weighted by molar-refractivity contribution is 7.99. The third-order valence-electron chi connectivity index (χ3n) is 3.84. The van der Waals surface area contributed by atoms with Gasteiger partial charge in [-0.3, -0.25) is 14.4 Å². The molecule has 0 bridgehead atoms. The topological polar surface area (TPSA) is 78.5 Å². The van der Waals surface area contributed by atoms with Crippen molar-refractivity contribution in [3.63, 3.8) is 0 Å². The molecule has 0 aliphatic carbocycles. The van der Waals surface area contributed by atoms with Gasteiger partial charge >= 0.3 is 0 Å². The lowest BCUT2D eigenvalue weighted by Crippen LogP contribution is -2.46. The summed E-state index contributed by atoms with van der Waals surface area (Å²) >= 11 is 2.86. The fraction of sp³-hybridized carbons (Fsp3) is 0.562. The van der Waals surface area contributed by atoms with Gasteiger partial charge in [0.2, 0.25) is 11.8 Å². The van der Waals surface area contributed by atoms with Crippen LogP contribution in [0.3, 0.4) is 0 Å². The van der Waals surface area contributed by atoms with Crippen molar-refractivity contribution in [3.05, 3.63) is 21.9 Å². The SMILES string of the molecule is CCNC(=O)[C@@H]1C[C@H](NC(=O)c2ccc(C)s2)CN1C(=O)CSC. The highest BCUT2D eigenvalue weighted by Gasteiger charge is 2.39. The normalized spacial score (nSPS) is 20.0. The average molecular weight is 370 g/mol. The van der Waals surface area contributed by atoms with Crippen molar-refractivity contribution in [1.29, 1.82) is 0 Å². The summed E-state index contributed by atoms with van der Waals surface area (Å²) in [5, 5.41) is 5.73. The largest absolute Gasteiger partial charge is 0.355 e. The zero-order chi connectivity index (χ0) is 17.7. The first-order valence-corrected chi connectivity index (χ1v) is 10.1. The van der Waals surface area contributed by atoms with Crippen LogP contribution >= 0.6 is 23.1 Å². The number of carbonyl (C=O) groups is 3. The summed E-state index contributed by atoms with van der Waals surface area (Å²) in [6, 6.07) is 2.97. The quantitative estimate of drug-likeness (QED) is 0.791. The number of hydrogen-bond acceptors (Lipinski definition) is 5. The number of likely N-dealkylation sites (tertiary alicyclic amines) is 1. The number of rotatable bonds is 6. The van der Waals surface area contributed by atoms with Crippen LogP contribution in [0.15, 0.2) is 12.1 Å². The van der Waals surface area contributed by atoms with Crippen LogP contribution in [0, 0.1) is 6.92 Å². The second-order valence-corrected chi connectivity index (χ2v) is 7.86. The van der Waals surface area contributed by atoms with Crippen LogP contribution < -0.4 is 10.6 Å². The van der Waals surface area contributed by atoms with Gasteiger partial charge in [-0.15, -0.1) is 11.3 Å². The molecule has 132 valence electrons. The Hall–Kier alpha value is -1.54. The predicted octanol–water partition coefficient (Wildman–Crippen LogP) is 1.25. The number of likely N-dealkylation sites (N-methyl/N-ethyl adjacent to an activating group) is 1. The molecule has 8 heteroatoms. The van der Waals surface area contributed by atoms with Crippen molar-refractivity contribution < 1.29 is 14.4 Å². The smallest absolute Gasteiger partial charge is 0.261 e. The van der Waals surface area contributed by atoms with Crippen LogP contribution in [-0.4, -0.2) is 59.8 Å². The Kier molecular flexibility index (Phi) is 6.68. The minimum atomic E-state index is -0.514. The van der Waals surface area contributed by atoms with Crippen molar-refractivity contribution >= 4 is 40.8 Å². The molecule has 0 radical (unpaired) electrons. The molecule has 1 aromatic heterocycles. The van der Waals surface area contributed by atoms with Crippen molar-refractivity contribution in [3.8, 4) is 0 Å². The molecule has 24 heavy (non-hydrogen) atoms. The maximum atomic E-state index is 12.3. The number of carbonyl (C=O) groups excluding carboxylic acids is 3. The monoisotopic (exact) mass is 369 g/mol. The van der Waals surface area contributed by atoms with E-state index in [9.17, 15) is 14.4 Å². The molecule has 1 fully saturated rings. The number of amides is 3. The molecule has 2 heterocycles. The zero-order valence-corrected chi connectivity index (χ0v) is 15.8. The minimum Gasteiger partial charge on any atom is -0.355 e. The second kappa shape index (κ2) is 8.53. The Morgan fingerprint density at radius 2 is 2.12 bits per heavy atom. The molecule has 2 atom stereocenters. The molecule has 1 aliphatic rings. The molecule has 0 spiro atoms. The summed E-state index contributed by atoms with van der Waals surface area (Å²) in [5.74, 6) is -0.0363. The average Bonchev–Trinajstić information content (AvgIpc) is 3.14. The van der Waals surface area contributed by atoms with Gasteiger partial charge in [0.1, 0.15) is 6.04 Å². The lowest BCUT2D eigenvalue weighted by molar-refractivity contribution is -0.136. The van der Waals surface area contributed by atoms with Gasteiger partial charge in [-0.25, -0.2) is 0 Å².